The molecule has 1 saturated heterocycles. The Morgan fingerprint density at radius 3 is 2.17 bits per heavy atom. The molecule has 1 atom stereocenters. The minimum absolute atomic E-state index is 0. The number of hydrogen-bond donors (Lipinski definition) is 1. The van der Waals surface area contributed by atoms with Crippen LogP contribution in [0.2, 0.25) is 5.02 Å². The Kier molecular flexibility index (Phi) is 7.57. The summed E-state index contributed by atoms with van der Waals surface area (Å²) in [5, 5.41) is 0.761. The van der Waals surface area contributed by atoms with Crippen LogP contribution in [0.15, 0.2) is 24.3 Å². The first-order chi connectivity index (χ1) is 7.58. The maximum atomic E-state index is 6.27. The van der Waals surface area contributed by atoms with Crippen LogP contribution in [0.4, 0.5) is 0 Å². The van der Waals surface area contributed by atoms with Crippen LogP contribution in [0.25, 0.3) is 0 Å². The fourth-order valence-corrected chi connectivity index (χ4v) is 2.36. The second-order valence-corrected chi connectivity index (χ2v) is 5.04. The first-order valence-corrected chi connectivity index (χ1v) is 6.09. The zero-order chi connectivity index (χ0) is 11.6. The van der Waals surface area contributed by atoms with Gasteiger partial charge in [0.25, 0.3) is 0 Å². The Balaban J connectivity index is 0.00000144. The summed E-state index contributed by atoms with van der Waals surface area (Å²) in [7, 11) is 0. The summed E-state index contributed by atoms with van der Waals surface area (Å²) in [6.07, 6.45) is 3.23. The smallest absolute Gasteiger partial charge is 0.0729 e. The van der Waals surface area contributed by atoms with Gasteiger partial charge < -0.3 is 5.73 Å². The molecule has 2 N–H and O–H groups in total. The quantitative estimate of drug-likeness (QED) is 0.928. The highest BCUT2D eigenvalue weighted by Gasteiger charge is 2.29. The van der Waals surface area contributed by atoms with Gasteiger partial charge in [-0.2, -0.15) is 0 Å². The Morgan fingerprint density at radius 1 is 1.17 bits per heavy atom. The number of halogens is 3. The molecule has 1 aromatic carbocycles. The van der Waals surface area contributed by atoms with Gasteiger partial charge in [-0.15, -0.1) is 24.8 Å². The number of benzene rings is 1. The minimum atomic E-state index is -0.482. The molecule has 1 aliphatic rings. The summed E-state index contributed by atoms with van der Waals surface area (Å²) in [5.41, 5.74) is 6.98. The molecule has 1 fully saturated rings. The lowest BCUT2D eigenvalue weighted by molar-refractivity contribution is 0.169. The molecule has 0 amide bonds. The normalized spacial score (nSPS) is 18.6. The van der Waals surface area contributed by atoms with Crippen molar-refractivity contribution in [2.24, 2.45) is 5.73 Å². The second kappa shape index (κ2) is 7.56. The zero-order valence-corrected chi connectivity index (χ0v) is 12.7. The number of hydrogen-bond acceptors (Lipinski definition) is 2. The summed E-state index contributed by atoms with van der Waals surface area (Å²) in [6.45, 7) is 6.27. The number of likely N-dealkylation sites (tertiary alicyclic amines) is 1. The second-order valence-electron chi connectivity index (χ2n) is 4.60. The molecule has 0 aromatic heterocycles. The van der Waals surface area contributed by atoms with Gasteiger partial charge in [0.2, 0.25) is 0 Å². The predicted molar refractivity (Wildman–Crippen MR) is 82.7 cm³/mol. The van der Waals surface area contributed by atoms with Crippen molar-refractivity contribution >= 4 is 36.4 Å². The standard InChI is InChI=1S/C13H18ClN2.2ClH/c1-13(15,16-8-2-3-9-16)10-11-4-6-12(14)7-5-11;;/h4-7H,1-3,8-10,15H2;2*1H. The van der Waals surface area contributed by atoms with E-state index in [-0.39, 0.29) is 24.8 Å². The van der Waals surface area contributed by atoms with E-state index in [1.54, 1.807) is 0 Å². The highest BCUT2D eigenvalue weighted by molar-refractivity contribution is 6.30. The van der Waals surface area contributed by atoms with E-state index >= 15 is 0 Å². The molecule has 2 nitrogen and oxygen atoms in total. The lowest BCUT2D eigenvalue weighted by atomic mass is 10.0. The number of nitrogens with zero attached hydrogens (tertiary/aromatic N) is 1. The van der Waals surface area contributed by atoms with E-state index in [1.807, 2.05) is 24.3 Å². The van der Waals surface area contributed by atoms with Gasteiger partial charge in [-0.1, -0.05) is 23.7 Å². The average Bonchev–Trinajstić information content (AvgIpc) is 2.75. The highest BCUT2D eigenvalue weighted by Crippen LogP contribution is 2.21. The van der Waals surface area contributed by atoms with Crippen LogP contribution in [-0.4, -0.2) is 23.7 Å². The van der Waals surface area contributed by atoms with Crippen molar-refractivity contribution in [1.82, 2.24) is 4.90 Å². The fraction of sp³-hybridized carbons (Fsp3) is 0.462. The molecular formula is C13H20Cl3N2. The monoisotopic (exact) mass is 309 g/mol. The minimum Gasteiger partial charge on any atom is -0.313 e. The van der Waals surface area contributed by atoms with E-state index in [0.29, 0.717) is 0 Å². The SMILES string of the molecule is Cl.Cl.[CH2]C(N)(Cc1ccc(Cl)cc1)N1CCCC1. The molecule has 5 heteroatoms. The van der Waals surface area contributed by atoms with E-state index in [2.05, 4.69) is 11.8 Å². The predicted octanol–water partition coefficient (Wildman–Crippen LogP) is 3.31. The van der Waals surface area contributed by atoms with Crippen LogP contribution in [0.1, 0.15) is 18.4 Å². The van der Waals surface area contributed by atoms with Crippen LogP contribution in [0.3, 0.4) is 0 Å². The van der Waals surface area contributed by atoms with Crippen LogP contribution in [-0.2, 0) is 6.42 Å². The van der Waals surface area contributed by atoms with E-state index in [1.165, 1.54) is 18.4 Å². The van der Waals surface area contributed by atoms with E-state index in [4.69, 9.17) is 17.3 Å². The van der Waals surface area contributed by atoms with Crippen LogP contribution >= 0.6 is 36.4 Å². The summed E-state index contributed by atoms with van der Waals surface area (Å²) < 4.78 is 0. The number of nitrogens with two attached hydrogens (primary N) is 1. The maximum Gasteiger partial charge on any atom is 0.0729 e. The fourth-order valence-electron chi connectivity index (χ4n) is 2.23. The zero-order valence-electron chi connectivity index (χ0n) is 10.3. The first kappa shape index (κ1) is 18.0. The molecule has 18 heavy (non-hydrogen) atoms. The van der Waals surface area contributed by atoms with Gasteiger partial charge in [-0.3, -0.25) is 4.90 Å². The summed E-state index contributed by atoms with van der Waals surface area (Å²) in [4.78, 5) is 2.27. The topological polar surface area (TPSA) is 29.3 Å². The maximum absolute atomic E-state index is 6.27. The van der Waals surface area contributed by atoms with Gasteiger partial charge >= 0.3 is 0 Å². The van der Waals surface area contributed by atoms with Crippen molar-refractivity contribution in [3.8, 4) is 0 Å². The third-order valence-electron chi connectivity index (χ3n) is 3.16. The largest absolute Gasteiger partial charge is 0.313 e. The Morgan fingerprint density at radius 2 is 1.67 bits per heavy atom. The molecule has 1 heterocycles. The van der Waals surface area contributed by atoms with Gasteiger partial charge in [-0.05, 0) is 50.6 Å². The summed E-state index contributed by atoms with van der Waals surface area (Å²) in [6, 6.07) is 7.84. The van der Waals surface area contributed by atoms with Crippen molar-refractivity contribution in [1.29, 1.82) is 0 Å². The third kappa shape index (κ3) is 4.60. The van der Waals surface area contributed by atoms with Gasteiger partial charge in [0, 0.05) is 11.4 Å². The van der Waals surface area contributed by atoms with E-state index in [9.17, 15) is 0 Å². The first-order valence-electron chi connectivity index (χ1n) is 5.72. The van der Waals surface area contributed by atoms with Crippen molar-refractivity contribution < 1.29 is 0 Å². The summed E-state index contributed by atoms with van der Waals surface area (Å²) >= 11 is 5.85. The van der Waals surface area contributed by atoms with Crippen LogP contribution in [0.5, 0.6) is 0 Å². The molecule has 1 radical (unpaired) electrons. The molecule has 1 aliphatic heterocycles. The molecule has 1 aromatic rings. The van der Waals surface area contributed by atoms with Crippen molar-refractivity contribution in [3.63, 3.8) is 0 Å². The van der Waals surface area contributed by atoms with Crippen molar-refractivity contribution in [2.75, 3.05) is 13.1 Å². The Labute approximate surface area is 127 Å². The van der Waals surface area contributed by atoms with E-state index < -0.39 is 5.66 Å². The number of rotatable bonds is 3. The lowest BCUT2D eigenvalue weighted by Crippen LogP contribution is -2.54. The molecule has 0 aliphatic carbocycles. The van der Waals surface area contributed by atoms with Crippen molar-refractivity contribution in [2.45, 2.75) is 24.9 Å². The van der Waals surface area contributed by atoms with Crippen LogP contribution < -0.4 is 5.73 Å². The molecule has 1 unspecified atom stereocenters. The molecule has 2 rings (SSSR count). The van der Waals surface area contributed by atoms with E-state index in [0.717, 1.165) is 24.5 Å². The summed E-state index contributed by atoms with van der Waals surface area (Å²) in [5.74, 6) is 0. The molecule has 0 spiro atoms. The molecule has 0 saturated carbocycles. The average molecular weight is 311 g/mol. The van der Waals surface area contributed by atoms with Crippen LogP contribution in [0, 0.1) is 6.92 Å². The van der Waals surface area contributed by atoms with Gasteiger partial charge in [0.05, 0.1) is 5.66 Å². The highest BCUT2D eigenvalue weighted by atomic mass is 35.5. The molecule has 0 bridgehead atoms. The van der Waals surface area contributed by atoms with Gasteiger partial charge in [-0.25, -0.2) is 0 Å². The third-order valence-corrected chi connectivity index (χ3v) is 3.41. The van der Waals surface area contributed by atoms with Gasteiger partial charge in [0.15, 0.2) is 0 Å². The lowest BCUT2D eigenvalue weighted by Gasteiger charge is -2.35. The molecule has 103 valence electrons. The van der Waals surface area contributed by atoms with Crippen molar-refractivity contribution in [3.05, 3.63) is 41.8 Å². The Bertz CT molecular complexity index is 346. The Hall–Kier alpha value is 0.01000. The van der Waals surface area contributed by atoms with Gasteiger partial charge in [0.1, 0.15) is 0 Å². The molecular weight excluding hydrogens is 291 g/mol.